The standard InChI is InChI=1S/C14H18N2O5/c1-9-4-3-5-10(2)14(9)21-8-12(18)15-6-11(17)16-7-13(19)20/h3-5H,6-8H2,1-2H3,(H,15,18)(H,16,17)(H,19,20). The third-order valence-corrected chi connectivity index (χ3v) is 2.64. The molecular formula is C14H18N2O5. The van der Waals surface area contributed by atoms with Gasteiger partial charge in [0.2, 0.25) is 5.91 Å². The van der Waals surface area contributed by atoms with E-state index in [2.05, 4.69) is 10.6 Å². The molecule has 3 N–H and O–H groups in total. The van der Waals surface area contributed by atoms with Crippen molar-refractivity contribution in [2.24, 2.45) is 0 Å². The number of hydrogen-bond donors (Lipinski definition) is 3. The largest absolute Gasteiger partial charge is 0.483 e. The molecule has 0 unspecified atom stereocenters. The summed E-state index contributed by atoms with van der Waals surface area (Å²) < 4.78 is 5.42. The van der Waals surface area contributed by atoms with E-state index in [1.165, 1.54) is 0 Å². The highest BCUT2D eigenvalue weighted by Crippen LogP contribution is 2.21. The molecule has 0 radical (unpaired) electrons. The first-order chi connectivity index (χ1) is 9.90. The lowest BCUT2D eigenvalue weighted by Crippen LogP contribution is -2.40. The summed E-state index contributed by atoms with van der Waals surface area (Å²) in [6, 6.07) is 5.64. The normalized spacial score (nSPS) is 9.81. The fraction of sp³-hybridized carbons (Fsp3) is 0.357. The van der Waals surface area contributed by atoms with Crippen LogP contribution in [0.1, 0.15) is 11.1 Å². The second kappa shape index (κ2) is 7.88. The van der Waals surface area contributed by atoms with Crippen LogP contribution in [0.3, 0.4) is 0 Å². The summed E-state index contributed by atoms with van der Waals surface area (Å²) in [6.07, 6.45) is 0. The molecule has 0 aromatic heterocycles. The first-order valence-corrected chi connectivity index (χ1v) is 6.34. The molecule has 21 heavy (non-hydrogen) atoms. The number of carboxylic acids is 1. The van der Waals surface area contributed by atoms with Gasteiger partial charge in [-0.25, -0.2) is 0 Å². The van der Waals surface area contributed by atoms with E-state index in [1.807, 2.05) is 32.0 Å². The number of carbonyl (C=O) groups is 3. The van der Waals surface area contributed by atoms with E-state index in [0.717, 1.165) is 11.1 Å². The lowest BCUT2D eigenvalue weighted by atomic mass is 10.1. The summed E-state index contributed by atoms with van der Waals surface area (Å²) in [5, 5.41) is 12.9. The van der Waals surface area contributed by atoms with Gasteiger partial charge in [0.05, 0.1) is 6.54 Å². The fourth-order valence-corrected chi connectivity index (χ4v) is 1.63. The summed E-state index contributed by atoms with van der Waals surface area (Å²) in [6.45, 7) is 2.77. The predicted octanol–water partition coefficient (Wildman–Crippen LogP) is -0.000760. The van der Waals surface area contributed by atoms with Gasteiger partial charge in [0.25, 0.3) is 5.91 Å². The summed E-state index contributed by atoms with van der Waals surface area (Å²) in [4.78, 5) is 33.0. The Hall–Kier alpha value is -2.57. The van der Waals surface area contributed by atoms with E-state index in [4.69, 9.17) is 9.84 Å². The maximum atomic E-state index is 11.5. The van der Waals surface area contributed by atoms with Crippen LogP contribution >= 0.6 is 0 Å². The van der Waals surface area contributed by atoms with Crippen molar-refractivity contribution in [3.05, 3.63) is 29.3 Å². The number of aryl methyl sites for hydroxylation is 2. The minimum Gasteiger partial charge on any atom is -0.483 e. The number of carboxylic acid groups (broad SMARTS) is 1. The van der Waals surface area contributed by atoms with Gasteiger partial charge in [0.1, 0.15) is 12.3 Å². The highest BCUT2D eigenvalue weighted by Gasteiger charge is 2.09. The zero-order chi connectivity index (χ0) is 15.8. The Labute approximate surface area is 122 Å². The lowest BCUT2D eigenvalue weighted by molar-refractivity contribution is -0.137. The molecule has 0 fully saturated rings. The highest BCUT2D eigenvalue weighted by atomic mass is 16.5. The molecule has 7 nitrogen and oxygen atoms in total. The number of nitrogens with one attached hydrogen (secondary N) is 2. The summed E-state index contributed by atoms with van der Waals surface area (Å²) in [5.74, 6) is -1.53. The number of aliphatic carboxylic acids is 1. The molecular weight excluding hydrogens is 276 g/mol. The van der Waals surface area contributed by atoms with Crippen LogP contribution in [0, 0.1) is 13.8 Å². The number of carbonyl (C=O) groups excluding carboxylic acids is 2. The Morgan fingerprint density at radius 3 is 2.19 bits per heavy atom. The van der Waals surface area contributed by atoms with Crippen LogP contribution in [0.2, 0.25) is 0 Å². The molecule has 1 aromatic rings. The van der Waals surface area contributed by atoms with E-state index in [0.29, 0.717) is 5.75 Å². The van der Waals surface area contributed by atoms with Gasteiger partial charge in [-0.2, -0.15) is 0 Å². The molecule has 0 aliphatic carbocycles. The van der Waals surface area contributed by atoms with Gasteiger partial charge >= 0.3 is 5.97 Å². The SMILES string of the molecule is Cc1cccc(C)c1OCC(=O)NCC(=O)NCC(=O)O. The predicted molar refractivity (Wildman–Crippen MR) is 75.1 cm³/mol. The van der Waals surface area contributed by atoms with E-state index in [-0.39, 0.29) is 13.2 Å². The van der Waals surface area contributed by atoms with Crippen LogP contribution in [-0.2, 0) is 14.4 Å². The van der Waals surface area contributed by atoms with Gasteiger partial charge in [-0.15, -0.1) is 0 Å². The van der Waals surface area contributed by atoms with Crippen LogP contribution in [-0.4, -0.2) is 42.6 Å². The highest BCUT2D eigenvalue weighted by molar-refractivity contribution is 5.87. The molecule has 2 amide bonds. The zero-order valence-electron chi connectivity index (χ0n) is 11.9. The molecule has 0 spiro atoms. The summed E-state index contributed by atoms with van der Waals surface area (Å²) >= 11 is 0. The maximum Gasteiger partial charge on any atom is 0.322 e. The Bertz CT molecular complexity index is 522. The molecule has 0 aliphatic rings. The molecule has 1 aromatic carbocycles. The Balaban J connectivity index is 2.35. The van der Waals surface area contributed by atoms with E-state index in [1.54, 1.807) is 0 Å². The van der Waals surface area contributed by atoms with Crippen LogP contribution in [0.25, 0.3) is 0 Å². The number of rotatable bonds is 7. The Morgan fingerprint density at radius 2 is 1.62 bits per heavy atom. The first kappa shape index (κ1) is 16.5. The van der Waals surface area contributed by atoms with Gasteiger partial charge in [0.15, 0.2) is 6.61 Å². The first-order valence-electron chi connectivity index (χ1n) is 6.34. The van der Waals surface area contributed by atoms with Gasteiger partial charge in [-0.3, -0.25) is 14.4 Å². The molecule has 0 heterocycles. The monoisotopic (exact) mass is 294 g/mol. The smallest absolute Gasteiger partial charge is 0.322 e. The van der Waals surface area contributed by atoms with Crippen LogP contribution < -0.4 is 15.4 Å². The summed E-state index contributed by atoms with van der Waals surface area (Å²) in [7, 11) is 0. The molecule has 0 aliphatic heterocycles. The van der Waals surface area contributed by atoms with Crippen molar-refractivity contribution in [3.63, 3.8) is 0 Å². The number of benzene rings is 1. The number of para-hydroxylation sites is 1. The van der Waals surface area contributed by atoms with E-state index < -0.39 is 24.3 Å². The van der Waals surface area contributed by atoms with E-state index >= 15 is 0 Å². The Kier molecular flexibility index (Phi) is 6.19. The minimum absolute atomic E-state index is 0.210. The van der Waals surface area contributed by atoms with Crippen LogP contribution in [0.15, 0.2) is 18.2 Å². The zero-order valence-corrected chi connectivity index (χ0v) is 11.9. The molecule has 0 bridgehead atoms. The lowest BCUT2D eigenvalue weighted by Gasteiger charge is -2.11. The van der Waals surface area contributed by atoms with Gasteiger partial charge in [-0.05, 0) is 25.0 Å². The summed E-state index contributed by atoms with van der Waals surface area (Å²) in [5.41, 5.74) is 1.84. The van der Waals surface area contributed by atoms with Crippen LogP contribution in [0.5, 0.6) is 5.75 Å². The molecule has 0 saturated carbocycles. The average Bonchev–Trinajstić information content (AvgIpc) is 2.42. The number of ether oxygens (including phenoxy) is 1. The molecule has 114 valence electrons. The quantitative estimate of drug-likeness (QED) is 0.656. The van der Waals surface area contributed by atoms with Gasteiger partial charge in [0, 0.05) is 0 Å². The third kappa shape index (κ3) is 5.94. The second-order valence-electron chi connectivity index (χ2n) is 4.46. The van der Waals surface area contributed by atoms with E-state index in [9.17, 15) is 14.4 Å². The van der Waals surface area contributed by atoms with Crippen molar-refractivity contribution >= 4 is 17.8 Å². The topological polar surface area (TPSA) is 105 Å². The van der Waals surface area contributed by atoms with Gasteiger partial charge in [-0.1, -0.05) is 18.2 Å². The molecule has 7 heteroatoms. The molecule has 1 rings (SSSR count). The fourth-order valence-electron chi connectivity index (χ4n) is 1.63. The van der Waals surface area contributed by atoms with Crippen molar-refractivity contribution in [1.82, 2.24) is 10.6 Å². The van der Waals surface area contributed by atoms with Crippen molar-refractivity contribution in [1.29, 1.82) is 0 Å². The third-order valence-electron chi connectivity index (χ3n) is 2.64. The Morgan fingerprint density at radius 1 is 1.05 bits per heavy atom. The van der Waals surface area contributed by atoms with Crippen molar-refractivity contribution < 1.29 is 24.2 Å². The molecule has 0 atom stereocenters. The van der Waals surface area contributed by atoms with Crippen molar-refractivity contribution in [2.75, 3.05) is 19.7 Å². The maximum absolute atomic E-state index is 11.5. The number of hydrogen-bond acceptors (Lipinski definition) is 4. The van der Waals surface area contributed by atoms with Crippen LogP contribution in [0.4, 0.5) is 0 Å². The van der Waals surface area contributed by atoms with Gasteiger partial charge < -0.3 is 20.5 Å². The number of amides is 2. The average molecular weight is 294 g/mol. The molecule has 0 saturated heterocycles. The second-order valence-corrected chi connectivity index (χ2v) is 4.46. The van der Waals surface area contributed by atoms with Crippen molar-refractivity contribution in [3.8, 4) is 5.75 Å². The minimum atomic E-state index is -1.15. The van der Waals surface area contributed by atoms with Crippen molar-refractivity contribution in [2.45, 2.75) is 13.8 Å².